The lowest BCUT2D eigenvalue weighted by atomic mass is 10.1. The van der Waals surface area contributed by atoms with Crippen LogP contribution in [0.5, 0.6) is 5.88 Å². The topological polar surface area (TPSA) is 118 Å². The summed E-state index contributed by atoms with van der Waals surface area (Å²) in [5.41, 5.74) is -0.169. The highest BCUT2D eigenvalue weighted by atomic mass is 32.2. The predicted octanol–water partition coefficient (Wildman–Crippen LogP) is 5.44. The van der Waals surface area contributed by atoms with Gasteiger partial charge in [-0.1, -0.05) is 38.7 Å². The van der Waals surface area contributed by atoms with Crippen LogP contribution in [0.15, 0.2) is 42.6 Å². The van der Waals surface area contributed by atoms with Crippen molar-refractivity contribution in [2.75, 3.05) is 23.4 Å². The van der Waals surface area contributed by atoms with E-state index in [1.165, 1.54) is 6.07 Å². The summed E-state index contributed by atoms with van der Waals surface area (Å²) in [4.78, 5) is 12.3. The van der Waals surface area contributed by atoms with E-state index in [0.717, 1.165) is 28.7 Å². The van der Waals surface area contributed by atoms with Crippen molar-refractivity contribution >= 4 is 34.9 Å². The maximum absolute atomic E-state index is 14.3. The molecule has 9 nitrogen and oxygen atoms in total. The summed E-state index contributed by atoms with van der Waals surface area (Å²) in [6, 6.07) is 10.8. The summed E-state index contributed by atoms with van der Waals surface area (Å²) in [7, 11) is -5.58. The highest BCUT2D eigenvalue weighted by molar-refractivity contribution is 7.92. The van der Waals surface area contributed by atoms with E-state index >= 15 is 0 Å². The molecule has 2 heterocycles. The first kappa shape index (κ1) is 30.3. The van der Waals surface area contributed by atoms with Crippen molar-refractivity contribution in [2.24, 2.45) is 0 Å². The van der Waals surface area contributed by atoms with E-state index < -0.39 is 54.4 Å². The lowest BCUT2D eigenvalue weighted by Gasteiger charge is -2.27. The number of nitrogens with zero attached hydrogens (tertiary/aromatic N) is 5. The van der Waals surface area contributed by atoms with Gasteiger partial charge in [0, 0.05) is 26.4 Å². The van der Waals surface area contributed by atoms with Crippen LogP contribution in [0, 0.1) is 11.3 Å². The van der Waals surface area contributed by atoms with E-state index in [-0.39, 0.29) is 35.5 Å². The number of rotatable bonds is 12. The molecule has 0 aliphatic heterocycles. The molecule has 0 fully saturated rings. The molecule has 0 saturated carbocycles. The van der Waals surface area contributed by atoms with Crippen molar-refractivity contribution in [2.45, 2.75) is 51.3 Å². The zero-order chi connectivity index (χ0) is 28.8. The smallest absolute Gasteiger partial charge is 0.429 e. The number of halogens is 3. The third-order valence-corrected chi connectivity index (χ3v) is 9.07. The van der Waals surface area contributed by atoms with Gasteiger partial charge in [-0.2, -0.15) is 18.4 Å². The second-order valence-corrected chi connectivity index (χ2v) is 17.6. The number of alkyl halides is 3. The molecule has 1 atom stereocenters. The fourth-order valence-corrected chi connectivity index (χ4v) is 5.60. The van der Waals surface area contributed by atoms with Gasteiger partial charge in [0.2, 0.25) is 21.9 Å². The fourth-order valence-electron chi connectivity index (χ4n) is 3.49. The molecule has 0 radical (unpaired) electrons. The number of hydrogen-bond donors (Lipinski definition) is 0. The summed E-state index contributed by atoms with van der Waals surface area (Å²) in [6.45, 7) is 7.87. The number of hydrogen-bond acceptors (Lipinski definition) is 8. The lowest BCUT2D eigenvalue weighted by Crippen LogP contribution is -2.37. The van der Waals surface area contributed by atoms with Crippen LogP contribution < -0.4 is 9.04 Å². The van der Waals surface area contributed by atoms with Crippen LogP contribution >= 0.6 is 0 Å². The van der Waals surface area contributed by atoms with Gasteiger partial charge in [-0.05, 0) is 36.7 Å². The maximum Gasteiger partial charge on any atom is 0.429 e. The first-order valence-corrected chi connectivity index (χ1v) is 17.5. The van der Waals surface area contributed by atoms with E-state index in [2.05, 4.69) is 34.6 Å². The SMILES string of the molecule is CCCS(=O)(=O)N(COCC[Si](C)(C)C)c1nc2ccccc2nc1OC(c1ccnc(C#N)c1)C(F)(F)F. The Labute approximate surface area is 226 Å². The van der Waals surface area contributed by atoms with Gasteiger partial charge in [-0.3, -0.25) is 0 Å². The van der Waals surface area contributed by atoms with Crippen molar-refractivity contribution in [3.05, 3.63) is 53.9 Å². The van der Waals surface area contributed by atoms with Crippen molar-refractivity contribution in [1.29, 1.82) is 5.26 Å². The van der Waals surface area contributed by atoms with Gasteiger partial charge in [0.05, 0.1) is 16.8 Å². The Hall–Kier alpha value is -3.28. The molecule has 39 heavy (non-hydrogen) atoms. The largest absolute Gasteiger partial charge is 0.457 e. The lowest BCUT2D eigenvalue weighted by molar-refractivity contribution is -0.198. The highest BCUT2D eigenvalue weighted by Gasteiger charge is 2.44. The monoisotopic (exact) mass is 581 g/mol. The maximum atomic E-state index is 14.3. The zero-order valence-corrected chi connectivity index (χ0v) is 23.9. The number of aromatic nitrogens is 3. The van der Waals surface area contributed by atoms with Crippen molar-refractivity contribution in [3.63, 3.8) is 0 Å². The van der Waals surface area contributed by atoms with Crippen LogP contribution in [0.4, 0.5) is 19.0 Å². The van der Waals surface area contributed by atoms with E-state index in [9.17, 15) is 21.6 Å². The third-order valence-electron chi connectivity index (χ3n) is 5.49. The zero-order valence-electron chi connectivity index (χ0n) is 22.1. The minimum atomic E-state index is -4.94. The number of nitriles is 1. The number of para-hydroxylation sites is 2. The molecule has 3 rings (SSSR count). The number of sulfonamides is 1. The third kappa shape index (κ3) is 8.10. The van der Waals surface area contributed by atoms with Gasteiger partial charge in [0.1, 0.15) is 18.5 Å². The molecule has 1 unspecified atom stereocenters. The van der Waals surface area contributed by atoms with Crippen LogP contribution in [-0.2, 0) is 14.8 Å². The van der Waals surface area contributed by atoms with Gasteiger partial charge in [-0.15, -0.1) is 0 Å². The molecule has 0 aliphatic carbocycles. The second-order valence-electron chi connectivity index (χ2n) is 9.98. The minimum absolute atomic E-state index is 0.206. The molecular formula is C25H30F3N5O4SSi. The Morgan fingerprint density at radius 1 is 1.13 bits per heavy atom. The molecular weight excluding hydrogens is 551 g/mol. The van der Waals surface area contributed by atoms with E-state index in [4.69, 9.17) is 14.7 Å². The second kappa shape index (κ2) is 12.3. The highest BCUT2D eigenvalue weighted by Crippen LogP contribution is 2.40. The minimum Gasteiger partial charge on any atom is -0.457 e. The average molecular weight is 582 g/mol. The summed E-state index contributed by atoms with van der Waals surface area (Å²) in [5.74, 6) is -1.35. The van der Waals surface area contributed by atoms with Gasteiger partial charge >= 0.3 is 6.18 Å². The van der Waals surface area contributed by atoms with Gasteiger partial charge in [0.25, 0.3) is 5.88 Å². The number of fused-ring (bicyclic) bond motifs is 1. The quantitative estimate of drug-likeness (QED) is 0.158. The molecule has 0 spiro atoms. The Bertz CT molecular complexity index is 1440. The first-order valence-electron chi connectivity index (χ1n) is 12.2. The van der Waals surface area contributed by atoms with Gasteiger partial charge in [0.15, 0.2) is 0 Å². The van der Waals surface area contributed by atoms with Crippen LogP contribution in [-0.4, -0.2) is 56.7 Å². The fraction of sp³-hybridized carbons (Fsp3) is 0.440. The van der Waals surface area contributed by atoms with Crippen molar-refractivity contribution in [3.8, 4) is 11.9 Å². The van der Waals surface area contributed by atoms with E-state index in [1.807, 2.05) is 0 Å². The number of pyridine rings is 1. The molecule has 14 heteroatoms. The molecule has 0 bridgehead atoms. The molecule has 0 amide bonds. The normalized spacial score (nSPS) is 13.2. The van der Waals surface area contributed by atoms with E-state index in [1.54, 1.807) is 31.2 Å². The summed E-state index contributed by atoms with van der Waals surface area (Å²) in [5, 5.41) is 9.12. The first-order chi connectivity index (χ1) is 18.2. The molecule has 0 saturated heterocycles. The van der Waals surface area contributed by atoms with Crippen LogP contribution in [0.25, 0.3) is 11.0 Å². The number of anilines is 1. The molecule has 2 aromatic heterocycles. The van der Waals surface area contributed by atoms with Crippen LogP contribution in [0.3, 0.4) is 0 Å². The van der Waals surface area contributed by atoms with Crippen molar-refractivity contribution < 1.29 is 31.1 Å². The Morgan fingerprint density at radius 3 is 2.38 bits per heavy atom. The number of ether oxygens (including phenoxy) is 2. The van der Waals surface area contributed by atoms with Crippen molar-refractivity contribution in [1.82, 2.24) is 15.0 Å². The molecule has 0 N–H and O–H groups in total. The Kier molecular flexibility index (Phi) is 9.52. The predicted molar refractivity (Wildman–Crippen MR) is 143 cm³/mol. The van der Waals surface area contributed by atoms with Gasteiger partial charge < -0.3 is 9.47 Å². The average Bonchev–Trinajstić information content (AvgIpc) is 2.85. The van der Waals surface area contributed by atoms with Crippen LogP contribution in [0.2, 0.25) is 25.7 Å². The molecule has 3 aromatic rings. The summed E-state index contributed by atoms with van der Waals surface area (Å²) >= 11 is 0. The molecule has 0 aliphatic rings. The Morgan fingerprint density at radius 2 is 1.79 bits per heavy atom. The van der Waals surface area contributed by atoms with Crippen LogP contribution in [0.1, 0.15) is 30.7 Å². The summed E-state index contributed by atoms with van der Waals surface area (Å²) in [6.07, 6.45) is -6.21. The summed E-state index contributed by atoms with van der Waals surface area (Å²) < 4.78 is 81.3. The molecule has 1 aromatic carbocycles. The standard InChI is InChI=1S/C25H30F3N5O4SSi/c1-5-13-38(34,35)33(17-36-12-14-39(2,3)4)23-24(32-21-9-7-6-8-20(21)31-23)37-22(25(26,27)28)18-10-11-30-19(15-18)16-29/h6-11,15,22H,5,12-14,17H2,1-4H3. The Balaban J connectivity index is 2.15. The van der Waals surface area contributed by atoms with Gasteiger partial charge in [-0.25, -0.2) is 27.7 Å². The molecule has 210 valence electrons. The number of benzene rings is 1. The van der Waals surface area contributed by atoms with E-state index in [0.29, 0.717) is 0 Å².